The van der Waals surface area contributed by atoms with Gasteiger partial charge in [0.2, 0.25) is 0 Å². The SMILES string of the molecule is CC1CC2C3C=CC(C3)C12.COCOC(C(F)(F)F)(C(F)(F)F)C1(C)CC2C3C=CC(C3)C21. The summed E-state index contributed by atoms with van der Waals surface area (Å²) in [4.78, 5) is 0. The Labute approximate surface area is 190 Å². The van der Waals surface area contributed by atoms with E-state index in [1.807, 2.05) is 6.08 Å². The van der Waals surface area contributed by atoms with Crippen molar-refractivity contribution in [2.45, 2.75) is 57.5 Å². The van der Waals surface area contributed by atoms with E-state index in [1.54, 1.807) is 6.08 Å². The van der Waals surface area contributed by atoms with Crippen molar-refractivity contribution in [2.75, 3.05) is 13.9 Å². The molecule has 6 aliphatic carbocycles. The Morgan fingerprint density at radius 3 is 1.85 bits per heavy atom. The normalized spacial score (nSPS) is 46.4. The van der Waals surface area contributed by atoms with E-state index < -0.39 is 36.1 Å². The summed E-state index contributed by atoms with van der Waals surface area (Å²) in [6, 6.07) is 0. The summed E-state index contributed by atoms with van der Waals surface area (Å²) >= 11 is 0. The van der Waals surface area contributed by atoms with Crippen molar-refractivity contribution in [2.24, 2.45) is 58.7 Å². The standard InChI is InChI=1S/C15H18F6O2.C10H14/c1-12(6-10-8-3-4-9(5-8)11(10)12)13(14(16,17)18,15(19,20)21)23-7-22-2;1-6-4-9-7-2-3-8(5-7)10(6)9/h3-4,8-11H,5-7H2,1-2H3;2-3,6-10H,4-5H2,1H3. The van der Waals surface area contributed by atoms with E-state index in [2.05, 4.69) is 28.5 Å². The van der Waals surface area contributed by atoms with Gasteiger partial charge in [-0.3, -0.25) is 0 Å². The molecule has 6 rings (SSSR count). The van der Waals surface area contributed by atoms with Crippen LogP contribution in [0, 0.1) is 58.7 Å². The van der Waals surface area contributed by atoms with Crippen molar-refractivity contribution in [3.63, 3.8) is 0 Å². The van der Waals surface area contributed by atoms with Gasteiger partial charge in [0, 0.05) is 12.5 Å². The molecule has 0 aromatic heterocycles. The molecule has 0 N–H and O–H groups in total. The number of alkyl halides is 6. The second kappa shape index (κ2) is 7.49. The first-order valence-electron chi connectivity index (χ1n) is 12.0. The van der Waals surface area contributed by atoms with Gasteiger partial charge in [-0.15, -0.1) is 0 Å². The third-order valence-electron chi connectivity index (χ3n) is 10.0. The summed E-state index contributed by atoms with van der Waals surface area (Å²) in [7, 11) is 1.00. The second-order valence-corrected chi connectivity index (χ2v) is 11.4. The molecule has 10 atom stereocenters. The number of hydrogen-bond acceptors (Lipinski definition) is 2. The first-order valence-corrected chi connectivity index (χ1v) is 12.0. The molecule has 0 aromatic rings. The number of allylic oxidation sites excluding steroid dienone is 4. The lowest BCUT2D eigenvalue weighted by molar-refractivity contribution is -0.444. The van der Waals surface area contributed by atoms with Crippen molar-refractivity contribution >= 4 is 0 Å². The Morgan fingerprint density at radius 1 is 0.818 bits per heavy atom. The van der Waals surface area contributed by atoms with Crippen LogP contribution in [-0.4, -0.2) is 31.9 Å². The fraction of sp³-hybridized carbons (Fsp3) is 0.840. The number of hydrogen-bond donors (Lipinski definition) is 0. The Kier molecular flexibility index (Phi) is 5.38. The average Bonchev–Trinajstić information content (AvgIpc) is 3.43. The highest BCUT2D eigenvalue weighted by atomic mass is 19.4. The van der Waals surface area contributed by atoms with Gasteiger partial charge in [0.15, 0.2) is 0 Å². The van der Waals surface area contributed by atoms with Crippen LogP contribution in [0.2, 0.25) is 0 Å². The smallest absolute Gasteiger partial charge is 0.359 e. The minimum Gasteiger partial charge on any atom is -0.359 e. The van der Waals surface area contributed by atoms with Gasteiger partial charge in [-0.25, -0.2) is 0 Å². The molecule has 33 heavy (non-hydrogen) atoms. The van der Waals surface area contributed by atoms with Crippen molar-refractivity contribution in [3.05, 3.63) is 24.3 Å². The quantitative estimate of drug-likeness (QED) is 0.252. The zero-order chi connectivity index (χ0) is 24.0. The van der Waals surface area contributed by atoms with Crippen LogP contribution in [0.1, 0.15) is 39.5 Å². The molecule has 0 spiro atoms. The van der Waals surface area contributed by atoms with E-state index in [0.717, 1.165) is 43.6 Å². The van der Waals surface area contributed by atoms with E-state index in [9.17, 15) is 26.3 Å². The molecule has 4 fully saturated rings. The van der Waals surface area contributed by atoms with Crippen LogP contribution in [-0.2, 0) is 9.47 Å². The Hall–Kier alpha value is -1.02. The monoisotopic (exact) mass is 478 g/mol. The number of halogens is 6. The van der Waals surface area contributed by atoms with E-state index in [0.29, 0.717) is 6.42 Å². The topological polar surface area (TPSA) is 18.5 Å². The molecule has 0 radical (unpaired) electrons. The third-order valence-corrected chi connectivity index (χ3v) is 10.0. The highest BCUT2D eigenvalue weighted by molar-refractivity contribution is 5.27. The number of fused-ring (bicyclic) bond motifs is 10. The maximum absolute atomic E-state index is 13.7. The van der Waals surface area contributed by atoms with Crippen LogP contribution in [0.3, 0.4) is 0 Å². The fourth-order valence-corrected chi connectivity index (χ4v) is 8.80. The van der Waals surface area contributed by atoms with Gasteiger partial charge >= 0.3 is 12.4 Å². The molecular weight excluding hydrogens is 446 g/mol. The lowest BCUT2D eigenvalue weighted by Crippen LogP contribution is -2.74. The van der Waals surface area contributed by atoms with Crippen LogP contribution >= 0.6 is 0 Å². The van der Waals surface area contributed by atoms with Crippen molar-refractivity contribution in [3.8, 4) is 0 Å². The molecular formula is C25H32F6O2. The number of methoxy groups -OCH3 is 1. The fourth-order valence-electron chi connectivity index (χ4n) is 8.80. The number of rotatable bonds is 4. The molecule has 4 saturated carbocycles. The van der Waals surface area contributed by atoms with E-state index in [-0.39, 0.29) is 24.2 Å². The third kappa shape index (κ3) is 3.08. The summed E-state index contributed by atoms with van der Waals surface area (Å²) in [5, 5.41) is 0. The Balaban J connectivity index is 0.000000186. The predicted octanol–water partition coefficient (Wildman–Crippen LogP) is 6.78. The summed E-state index contributed by atoms with van der Waals surface area (Å²) in [5.41, 5.74) is -6.25. The first kappa shape index (κ1) is 23.7. The van der Waals surface area contributed by atoms with Gasteiger partial charge in [-0.2, -0.15) is 26.3 Å². The van der Waals surface area contributed by atoms with Gasteiger partial charge in [0.25, 0.3) is 5.60 Å². The van der Waals surface area contributed by atoms with Crippen molar-refractivity contribution < 1.29 is 35.8 Å². The zero-order valence-corrected chi connectivity index (χ0v) is 19.1. The lowest BCUT2D eigenvalue weighted by atomic mass is 9.45. The largest absolute Gasteiger partial charge is 0.427 e. The van der Waals surface area contributed by atoms with Crippen molar-refractivity contribution in [1.82, 2.24) is 0 Å². The summed E-state index contributed by atoms with van der Waals surface area (Å²) in [6.45, 7) is 2.44. The van der Waals surface area contributed by atoms with Crippen LogP contribution < -0.4 is 0 Å². The predicted molar refractivity (Wildman–Crippen MR) is 110 cm³/mol. The van der Waals surface area contributed by atoms with Crippen LogP contribution in [0.4, 0.5) is 26.3 Å². The first-order chi connectivity index (χ1) is 15.4. The average molecular weight is 479 g/mol. The number of ether oxygens (including phenoxy) is 2. The molecule has 0 aliphatic heterocycles. The minimum atomic E-state index is -5.57. The molecule has 2 nitrogen and oxygen atoms in total. The van der Waals surface area contributed by atoms with Gasteiger partial charge in [-0.1, -0.05) is 38.2 Å². The highest BCUT2D eigenvalue weighted by Crippen LogP contribution is 2.74. The Bertz CT molecular complexity index is 818. The molecule has 4 bridgehead atoms. The summed E-state index contributed by atoms with van der Waals surface area (Å²) in [6.07, 6.45) is 0.993. The van der Waals surface area contributed by atoms with Crippen LogP contribution in [0.25, 0.3) is 0 Å². The van der Waals surface area contributed by atoms with E-state index in [4.69, 9.17) is 0 Å². The highest BCUT2D eigenvalue weighted by Gasteiger charge is 2.85. The molecule has 186 valence electrons. The van der Waals surface area contributed by atoms with Gasteiger partial charge in [-0.05, 0) is 78.9 Å². The molecule has 0 heterocycles. The zero-order valence-electron chi connectivity index (χ0n) is 19.1. The summed E-state index contributed by atoms with van der Waals surface area (Å²) in [5.74, 6) is 4.34. The van der Waals surface area contributed by atoms with Gasteiger partial charge in [0.05, 0.1) is 0 Å². The maximum atomic E-state index is 13.7. The van der Waals surface area contributed by atoms with Crippen molar-refractivity contribution in [1.29, 1.82) is 0 Å². The Morgan fingerprint density at radius 2 is 1.36 bits per heavy atom. The molecule has 0 aromatic carbocycles. The minimum absolute atomic E-state index is 0.0969. The molecule has 10 unspecified atom stereocenters. The van der Waals surface area contributed by atoms with Crippen LogP contribution in [0.15, 0.2) is 24.3 Å². The van der Waals surface area contributed by atoms with E-state index in [1.165, 1.54) is 12.8 Å². The van der Waals surface area contributed by atoms with Crippen LogP contribution in [0.5, 0.6) is 0 Å². The molecule has 6 aliphatic rings. The lowest BCUT2D eigenvalue weighted by Gasteiger charge is -2.62. The molecule has 8 heteroatoms. The van der Waals surface area contributed by atoms with Gasteiger partial charge < -0.3 is 9.47 Å². The van der Waals surface area contributed by atoms with Gasteiger partial charge in [0.1, 0.15) is 6.79 Å². The summed E-state index contributed by atoms with van der Waals surface area (Å²) < 4.78 is 91.0. The molecule has 0 amide bonds. The second-order valence-electron chi connectivity index (χ2n) is 11.4. The molecule has 0 saturated heterocycles. The maximum Gasteiger partial charge on any atom is 0.427 e. The van der Waals surface area contributed by atoms with E-state index >= 15 is 0 Å².